The predicted octanol–water partition coefficient (Wildman–Crippen LogP) is 3.90. The Morgan fingerprint density at radius 3 is 2.32 bits per heavy atom. The molecule has 2 aromatic rings. The van der Waals surface area contributed by atoms with Gasteiger partial charge in [0.2, 0.25) is 11.8 Å². The van der Waals surface area contributed by atoms with Gasteiger partial charge in [-0.15, -0.1) is 0 Å². The molecule has 0 radical (unpaired) electrons. The van der Waals surface area contributed by atoms with E-state index in [1.165, 1.54) is 30.0 Å². The van der Waals surface area contributed by atoms with E-state index in [0.717, 1.165) is 6.07 Å². The monoisotopic (exact) mass is 390 g/mol. The van der Waals surface area contributed by atoms with Gasteiger partial charge < -0.3 is 10.2 Å². The lowest BCUT2D eigenvalue weighted by atomic mass is 10.1. The zero-order chi connectivity index (χ0) is 20.5. The van der Waals surface area contributed by atoms with E-state index in [2.05, 4.69) is 5.32 Å². The summed E-state index contributed by atoms with van der Waals surface area (Å²) in [6, 6.07) is 11.1. The molecule has 8 heteroatoms. The molecule has 1 saturated heterocycles. The first-order valence-corrected chi connectivity index (χ1v) is 8.55. The summed E-state index contributed by atoms with van der Waals surface area (Å²) in [5, 5.41) is 2.29. The molecule has 1 unspecified atom stereocenters. The maximum absolute atomic E-state index is 13.1. The zero-order valence-electron chi connectivity index (χ0n) is 14.9. The number of anilines is 2. The van der Waals surface area contributed by atoms with Gasteiger partial charge in [0.05, 0.1) is 17.2 Å². The second-order valence-corrected chi connectivity index (χ2v) is 6.54. The van der Waals surface area contributed by atoms with Gasteiger partial charge in [-0.2, -0.15) is 13.2 Å². The molecule has 1 atom stereocenters. The molecule has 1 N–H and O–H groups in total. The summed E-state index contributed by atoms with van der Waals surface area (Å²) in [5.41, 5.74) is -0.254. The van der Waals surface area contributed by atoms with Crippen molar-refractivity contribution in [3.8, 4) is 0 Å². The minimum absolute atomic E-state index is 0.0538. The Balaban J connectivity index is 1.73. The van der Waals surface area contributed by atoms with Gasteiger partial charge in [0.15, 0.2) is 5.78 Å². The zero-order valence-corrected chi connectivity index (χ0v) is 14.9. The average Bonchev–Trinajstić information content (AvgIpc) is 3.03. The third kappa shape index (κ3) is 4.05. The molecule has 28 heavy (non-hydrogen) atoms. The normalized spacial score (nSPS) is 16.9. The minimum atomic E-state index is -4.60. The number of carbonyl (C=O) groups is 3. The van der Waals surface area contributed by atoms with E-state index in [9.17, 15) is 27.6 Å². The molecule has 2 amide bonds. The Hall–Kier alpha value is -3.16. The molecule has 0 aromatic heterocycles. The molecule has 146 valence electrons. The minimum Gasteiger partial charge on any atom is -0.325 e. The molecule has 1 aliphatic rings. The second-order valence-electron chi connectivity index (χ2n) is 6.54. The number of hydrogen-bond donors (Lipinski definition) is 1. The molecule has 0 bridgehead atoms. The number of amides is 2. The van der Waals surface area contributed by atoms with Crippen LogP contribution in [0.5, 0.6) is 0 Å². The topological polar surface area (TPSA) is 66.5 Å². The number of nitrogens with one attached hydrogen (secondary N) is 1. The van der Waals surface area contributed by atoms with Gasteiger partial charge in [0.25, 0.3) is 0 Å². The van der Waals surface area contributed by atoms with Crippen molar-refractivity contribution >= 4 is 29.0 Å². The lowest BCUT2D eigenvalue weighted by Crippen LogP contribution is -2.28. The maximum atomic E-state index is 13.1. The lowest BCUT2D eigenvalue weighted by molar-refractivity contribution is -0.137. The van der Waals surface area contributed by atoms with E-state index in [0.29, 0.717) is 11.3 Å². The van der Waals surface area contributed by atoms with Crippen LogP contribution >= 0.6 is 0 Å². The Bertz CT molecular complexity index is 923. The fourth-order valence-corrected chi connectivity index (χ4v) is 3.08. The number of hydrogen-bond acceptors (Lipinski definition) is 3. The van der Waals surface area contributed by atoms with Crippen molar-refractivity contribution in [3.05, 3.63) is 59.7 Å². The molecule has 1 fully saturated rings. The first-order valence-electron chi connectivity index (χ1n) is 8.55. The first kappa shape index (κ1) is 19.6. The molecule has 0 saturated carbocycles. The summed E-state index contributed by atoms with van der Waals surface area (Å²) in [5.74, 6) is -1.84. The molecule has 1 aliphatic heterocycles. The molecule has 5 nitrogen and oxygen atoms in total. The summed E-state index contributed by atoms with van der Waals surface area (Å²) in [4.78, 5) is 37.5. The summed E-state index contributed by atoms with van der Waals surface area (Å²) in [6.07, 6.45) is -4.70. The highest BCUT2D eigenvalue weighted by Crippen LogP contribution is 2.35. The van der Waals surface area contributed by atoms with Gasteiger partial charge in [0.1, 0.15) is 0 Å². The van der Waals surface area contributed by atoms with Crippen molar-refractivity contribution in [2.24, 2.45) is 5.92 Å². The van der Waals surface area contributed by atoms with Crippen LogP contribution in [0.2, 0.25) is 0 Å². The van der Waals surface area contributed by atoms with Crippen LogP contribution in [0.3, 0.4) is 0 Å². The number of Topliss-reactive ketones (excluding diaryl/α,β-unsaturated/α-hetero) is 1. The van der Waals surface area contributed by atoms with Gasteiger partial charge in [-0.3, -0.25) is 14.4 Å². The maximum Gasteiger partial charge on any atom is 0.418 e. The van der Waals surface area contributed by atoms with Crippen molar-refractivity contribution in [1.82, 2.24) is 0 Å². The number of alkyl halides is 3. The fourth-order valence-electron chi connectivity index (χ4n) is 3.08. The quantitative estimate of drug-likeness (QED) is 0.806. The summed E-state index contributed by atoms with van der Waals surface area (Å²) in [6.45, 7) is 1.48. The van der Waals surface area contributed by atoms with Crippen LogP contribution in [-0.2, 0) is 15.8 Å². The molecule has 0 spiro atoms. The van der Waals surface area contributed by atoms with Crippen LogP contribution in [0.25, 0.3) is 0 Å². The van der Waals surface area contributed by atoms with E-state index < -0.39 is 23.6 Å². The summed E-state index contributed by atoms with van der Waals surface area (Å²) < 4.78 is 39.2. The Morgan fingerprint density at radius 2 is 1.71 bits per heavy atom. The standard InChI is InChI=1S/C20H17F3N2O3/c1-12(26)13-6-8-15(9-7-13)25-11-14(10-18(25)27)19(28)24-17-5-3-2-4-16(17)20(21,22)23/h2-9,14H,10-11H2,1H3,(H,24,28). The smallest absolute Gasteiger partial charge is 0.325 e. The third-order valence-corrected chi connectivity index (χ3v) is 4.57. The van der Waals surface area contributed by atoms with Crippen molar-refractivity contribution < 1.29 is 27.6 Å². The number of nitrogens with zero attached hydrogens (tertiary/aromatic N) is 1. The molecular formula is C20H17F3N2O3. The van der Waals surface area contributed by atoms with Gasteiger partial charge >= 0.3 is 6.18 Å². The van der Waals surface area contributed by atoms with Crippen molar-refractivity contribution in [2.75, 3.05) is 16.8 Å². The van der Waals surface area contributed by atoms with Crippen molar-refractivity contribution in [2.45, 2.75) is 19.5 Å². The van der Waals surface area contributed by atoms with Gasteiger partial charge in [0, 0.05) is 24.2 Å². The molecule has 0 aliphatic carbocycles. The summed E-state index contributed by atoms with van der Waals surface area (Å²) >= 11 is 0. The van der Waals surface area contributed by atoms with Gasteiger partial charge in [-0.25, -0.2) is 0 Å². The molecule has 2 aromatic carbocycles. The van der Waals surface area contributed by atoms with Crippen molar-refractivity contribution in [3.63, 3.8) is 0 Å². The first-order chi connectivity index (χ1) is 13.2. The predicted molar refractivity (Wildman–Crippen MR) is 97.0 cm³/mol. The largest absolute Gasteiger partial charge is 0.418 e. The van der Waals surface area contributed by atoms with Crippen LogP contribution in [0.4, 0.5) is 24.5 Å². The number of rotatable bonds is 4. The van der Waals surface area contributed by atoms with Crippen LogP contribution in [-0.4, -0.2) is 24.1 Å². The Labute approximate surface area is 159 Å². The number of para-hydroxylation sites is 1. The van der Waals surface area contributed by atoms with Crippen LogP contribution in [0.1, 0.15) is 29.3 Å². The van der Waals surface area contributed by atoms with Crippen LogP contribution in [0, 0.1) is 5.92 Å². The number of benzene rings is 2. The van der Waals surface area contributed by atoms with E-state index in [1.807, 2.05) is 0 Å². The Morgan fingerprint density at radius 1 is 1.07 bits per heavy atom. The molecule has 3 rings (SSSR count). The Kier molecular flexibility index (Phi) is 5.22. The second kappa shape index (κ2) is 7.46. The van der Waals surface area contributed by atoms with Crippen LogP contribution < -0.4 is 10.2 Å². The average molecular weight is 390 g/mol. The van der Waals surface area contributed by atoms with Gasteiger partial charge in [-0.05, 0) is 43.3 Å². The van der Waals surface area contributed by atoms with E-state index >= 15 is 0 Å². The highest BCUT2D eigenvalue weighted by atomic mass is 19.4. The number of carbonyl (C=O) groups excluding carboxylic acids is 3. The van der Waals surface area contributed by atoms with Gasteiger partial charge in [-0.1, -0.05) is 12.1 Å². The van der Waals surface area contributed by atoms with Crippen LogP contribution in [0.15, 0.2) is 48.5 Å². The lowest BCUT2D eigenvalue weighted by Gasteiger charge is -2.18. The van der Waals surface area contributed by atoms with E-state index in [-0.39, 0.29) is 30.3 Å². The van der Waals surface area contributed by atoms with Crippen molar-refractivity contribution in [1.29, 1.82) is 0 Å². The number of halogens is 3. The molecule has 1 heterocycles. The molecular weight excluding hydrogens is 373 g/mol. The highest BCUT2D eigenvalue weighted by Gasteiger charge is 2.37. The number of ketones is 1. The van der Waals surface area contributed by atoms with E-state index in [4.69, 9.17) is 0 Å². The SMILES string of the molecule is CC(=O)c1ccc(N2CC(C(=O)Nc3ccccc3C(F)(F)F)CC2=O)cc1. The third-order valence-electron chi connectivity index (χ3n) is 4.57. The fraction of sp³-hybridized carbons (Fsp3) is 0.250. The summed E-state index contributed by atoms with van der Waals surface area (Å²) in [7, 11) is 0. The van der Waals surface area contributed by atoms with E-state index in [1.54, 1.807) is 24.3 Å². The highest BCUT2D eigenvalue weighted by molar-refractivity contribution is 6.04.